The molecular formula is C19H22N2O4. The molecule has 0 aliphatic heterocycles. The van der Waals surface area contributed by atoms with Crippen LogP contribution in [0.1, 0.15) is 36.7 Å². The smallest absolute Gasteiger partial charge is 0.311 e. The molecule has 0 saturated heterocycles. The molecule has 2 aromatic rings. The topological polar surface area (TPSA) is 72.7 Å². The molecular weight excluding hydrogens is 320 g/mol. The largest absolute Gasteiger partial charge is 0.487 e. The van der Waals surface area contributed by atoms with E-state index in [2.05, 4.69) is 0 Å². The number of rotatable bonds is 7. The van der Waals surface area contributed by atoms with Gasteiger partial charge in [0.1, 0.15) is 0 Å². The van der Waals surface area contributed by atoms with Crippen LogP contribution in [0.5, 0.6) is 5.75 Å². The van der Waals surface area contributed by atoms with Crippen molar-refractivity contribution in [1.82, 2.24) is 4.90 Å². The predicted octanol–water partition coefficient (Wildman–Crippen LogP) is 4.04. The third-order valence-electron chi connectivity index (χ3n) is 3.78. The third kappa shape index (κ3) is 4.56. The van der Waals surface area contributed by atoms with Gasteiger partial charge < -0.3 is 9.64 Å². The van der Waals surface area contributed by atoms with E-state index < -0.39 is 4.92 Å². The normalized spacial score (nSPS) is 10.6. The molecule has 1 amide bonds. The van der Waals surface area contributed by atoms with Crippen molar-refractivity contribution in [3.8, 4) is 5.75 Å². The van der Waals surface area contributed by atoms with Gasteiger partial charge in [-0.2, -0.15) is 0 Å². The second kappa shape index (κ2) is 8.28. The molecule has 25 heavy (non-hydrogen) atoms. The third-order valence-corrected chi connectivity index (χ3v) is 3.78. The summed E-state index contributed by atoms with van der Waals surface area (Å²) in [5.41, 5.74) is 1.08. The summed E-state index contributed by atoms with van der Waals surface area (Å²) in [5.74, 6) is -0.0757. The fourth-order valence-corrected chi connectivity index (χ4v) is 2.51. The van der Waals surface area contributed by atoms with Gasteiger partial charge in [0.25, 0.3) is 5.91 Å². The monoisotopic (exact) mass is 342 g/mol. The van der Waals surface area contributed by atoms with Crippen LogP contribution in [0, 0.1) is 10.1 Å². The first-order chi connectivity index (χ1) is 11.9. The van der Waals surface area contributed by atoms with E-state index >= 15 is 0 Å². The molecule has 2 rings (SSSR count). The van der Waals surface area contributed by atoms with E-state index in [9.17, 15) is 14.9 Å². The van der Waals surface area contributed by atoms with Gasteiger partial charge in [-0.15, -0.1) is 0 Å². The minimum absolute atomic E-state index is 0.0432. The first kappa shape index (κ1) is 18.4. The highest BCUT2D eigenvalue weighted by Gasteiger charge is 2.23. The highest BCUT2D eigenvalue weighted by Crippen LogP contribution is 2.29. The lowest BCUT2D eigenvalue weighted by atomic mass is 10.1. The van der Waals surface area contributed by atoms with Gasteiger partial charge in [0.15, 0.2) is 5.75 Å². The molecule has 0 aromatic heterocycles. The molecule has 0 aliphatic carbocycles. The lowest BCUT2D eigenvalue weighted by molar-refractivity contribution is -0.385. The first-order valence-corrected chi connectivity index (χ1v) is 8.20. The van der Waals surface area contributed by atoms with Crippen molar-refractivity contribution in [3.63, 3.8) is 0 Å². The van der Waals surface area contributed by atoms with Crippen molar-refractivity contribution in [2.45, 2.75) is 33.4 Å². The van der Waals surface area contributed by atoms with Gasteiger partial charge in [0.2, 0.25) is 0 Å². The Morgan fingerprint density at radius 3 is 2.44 bits per heavy atom. The SMILES string of the molecule is CCOc1ccc(C(=O)N(Cc2ccccc2)C(C)C)cc1[N+](=O)[O-]. The van der Waals surface area contributed by atoms with Crippen molar-refractivity contribution in [2.24, 2.45) is 0 Å². The Balaban J connectivity index is 2.32. The highest BCUT2D eigenvalue weighted by atomic mass is 16.6. The molecule has 132 valence electrons. The van der Waals surface area contributed by atoms with Crippen LogP contribution in [0.15, 0.2) is 48.5 Å². The van der Waals surface area contributed by atoms with Crippen LogP contribution in [0.25, 0.3) is 0 Å². The molecule has 2 aromatic carbocycles. The second-order valence-electron chi connectivity index (χ2n) is 5.89. The van der Waals surface area contributed by atoms with Gasteiger partial charge in [0.05, 0.1) is 11.5 Å². The number of nitro benzene ring substituents is 1. The minimum Gasteiger partial charge on any atom is -0.487 e. The van der Waals surface area contributed by atoms with Gasteiger partial charge in [-0.25, -0.2) is 0 Å². The lowest BCUT2D eigenvalue weighted by Gasteiger charge is -2.27. The van der Waals surface area contributed by atoms with E-state index in [-0.39, 0.29) is 28.9 Å². The number of nitrogens with zero attached hydrogens (tertiary/aromatic N) is 2. The van der Waals surface area contributed by atoms with E-state index in [4.69, 9.17) is 4.74 Å². The summed E-state index contributed by atoms with van der Waals surface area (Å²) < 4.78 is 5.27. The van der Waals surface area contributed by atoms with Crippen LogP contribution >= 0.6 is 0 Å². The summed E-state index contributed by atoms with van der Waals surface area (Å²) >= 11 is 0. The molecule has 0 bridgehead atoms. The van der Waals surface area contributed by atoms with Crippen molar-refractivity contribution in [3.05, 3.63) is 69.8 Å². The van der Waals surface area contributed by atoms with Gasteiger partial charge in [-0.3, -0.25) is 14.9 Å². The molecule has 0 aliphatic rings. The lowest BCUT2D eigenvalue weighted by Crippen LogP contribution is -2.36. The first-order valence-electron chi connectivity index (χ1n) is 8.20. The Morgan fingerprint density at radius 1 is 1.20 bits per heavy atom. The molecule has 0 radical (unpaired) electrons. The van der Waals surface area contributed by atoms with E-state index in [0.717, 1.165) is 5.56 Å². The average molecular weight is 342 g/mol. The zero-order valence-corrected chi connectivity index (χ0v) is 14.6. The van der Waals surface area contributed by atoms with E-state index in [1.165, 1.54) is 12.1 Å². The Kier molecular flexibility index (Phi) is 6.11. The summed E-state index contributed by atoms with van der Waals surface area (Å²) in [4.78, 5) is 25.3. The number of benzene rings is 2. The number of nitro groups is 1. The zero-order valence-electron chi connectivity index (χ0n) is 14.6. The summed E-state index contributed by atoms with van der Waals surface area (Å²) in [6, 6.07) is 13.9. The number of amides is 1. The summed E-state index contributed by atoms with van der Waals surface area (Å²) in [5, 5.41) is 11.3. The maximum absolute atomic E-state index is 12.9. The molecule has 0 unspecified atom stereocenters. The fourth-order valence-electron chi connectivity index (χ4n) is 2.51. The molecule has 0 heterocycles. The summed E-state index contributed by atoms with van der Waals surface area (Å²) in [6.07, 6.45) is 0. The minimum atomic E-state index is -0.529. The number of hydrogen-bond acceptors (Lipinski definition) is 4. The van der Waals surface area contributed by atoms with Crippen molar-refractivity contribution < 1.29 is 14.5 Å². The Morgan fingerprint density at radius 2 is 1.88 bits per heavy atom. The van der Waals surface area contributed by atoms with Crippen LogP contribution < -0.4 is 4.74 Å². The molecule has 0 N–H and O–H groups in total. The van der Waals surface area contributed by atoms with E-state index in [1.807, 2.05) is 44.2 Å². The van der Waals surface area contributed by atoms with Crippen LogP contribution in [-0.2, 0) is 6.54 Å². The quantitative estimate of drug-likeness (QED) is 0.562. The van der Waals surface area contributed by atoms with Crippen molar-refractivity contribution in [1.29, 1.82) is 0 Å². The predicted molar refractivity (Wildman–Crippen MR) is 95.7 cm³/mol. The van der Waals surface area contributed by atoms with Gasteiger partial charge in [0, 0.05) is 24.2 Å². The maximum Gasteiger partial charge on any atom is 0.311 e. The molecule has 6 heteroatoms. The summed E-state index contributed by atoms with van der Waals surface area (Å²) in [7, 11) is 0. The standard InChI is InChI=1S/C19H22N2O4/c1-4-25-18-11-10-16(12-17(18)21(23)24)19(22)20(14(2)3)13-15-8-6-5-7-9-15/h5-12,14H,4,13H2,1-3H3. The van der Waals surface area contributed by atoms with Crippen LogP contribution in [0.2, 0.25) is 0 Å². The van der Waals surface area contributed by atoms with E-state index in [0.29, 0.717) is 13.2 Å². The highest BCUT2D eigenvalue weighted by molar-refractivity contribution is 5.95. The van der Waals surface area contributed by atoms with Crippen LogP contribution in [0.4, 0.5) is 5.69 Å². The van der Waals surface area contributed by atoms with Crippen molar-refractivity contribution >= 4 is 11.6 Å². The molecule has 0 saturated carbocycles. The molecule has 0 spiro atoms. The summed E-state index contributed by atoms with van der Waals surface area (Å²) in [6.45, 7) is 6.36. The Hall–Kier alpha value is -2.89. The van der Waals surface area contributed by atoms with Crippen molar-refractivity contribution in [2.75, 3.05) is 6.61 Å². The van der Waals surface area contributed by atoms with Crippen LogP contribution in [0.3, 0.4) is 0 Å². The molecule has 0 fully saturated rings. The zero-order chi connectivity index (χ0) is 18.4. The average Bonchev–Trinajstić information content (AvgIpc) is 2.60. The number of hydrogen-bond donors (Lipinski definition) is 0. The fraction of sp³-hybridized carbons (Fsp3) is 0.316. The van der Waals surface area contributed by atoms with Gasteiger partial charge in [-0.05, 0) is 38.5 Å². The maximum atomic E-state index is 12.9. The Labute approximate surface area is 147 Å². The van der Waals surface area contributed by atoms with Gasteiger partial charge >= 0.3 is 5.69 Å². The molecule has 6 nitrogen and oxygen atoms in total. The van der Waals surface area contributed by atoms with E-state index in [1.54, 1.807) is 17.9 Å². The Bertz CT molecular complexity index is 744. The number of carbonyl (C=O) groups excluding carboxylic acids is 1. The second-order valence-corrected chi connectivity index (χ2v) is 5.89. The molecule has 0 atom stereocenters. The van der Waals surface area contributed by atoms with Crippen LogP contribution in [-0.4, -0.2) is 28.4 Å². The number of ether oxygens (including phenoxy) is 1. The van der Waals surface area contributed by atoms with Gasteiger partial charge in [-0.1, -0.05) is 30.3 Å². The number of carbonyl (C=O) groups is 1.